The van der Waals surface area contributed by atoms with Gasteiger partial charge in [0.25, 0.3) is 0 Å². The summed E-state index contributed by atoms with van der Waals surface area (Å²) in [4.78, 5) is 0. The fourth-order valence-corrected chi connectivity index (χ4v) is 3.02. The summed E-state index contributed by atoms with van der Waals surface area (Å²) in [5, 5.41) is 20.6. The van der Waals surface area contributed by atoms with Gasteiger partial charge in [-0.2, -0.15) is 0 Å². The van der Waals surface area contributed by atoms with Crippen LogP contribution < -0.4 is 0 Å². The van der Waals surface area contributed by atoms with Gasteiger partial charge < -0.3 is 10.2 Å². The van der Waals surface area contributed by atoms with Crippen molar-refractivity contribution >= 4 is 15.9 Å². The van der Waals surface area contributed by atoms with Gasteiger partial charge in [0.1, 0.15) is 0 Å². The van der Waals surface area contributed by atoms with Gasteiger partial charge in [-0.25, -0.2) is 0 Å². The Balaban J connectivity index is 2.02. The molecule has 1 aliphatic carbocycles. The first kappa shape index (κ1) is 13.1. The van der Waals surface area contributed by atoms with Crippen molar-refractivity contribution < 1.29 is 10.2 Å². The molecule has 0 amide bonds. The Morgan fingerprint density at radius 1 is 1.24 bits per heavy atom. The normalized spacial score (nSPS) is 21.1. The fraction of sp³-hybridized carbons (Fsp3) is 0.571. The maximum absolute atomic E-state index is 10.4. The van der Waals surface area contributed by atoms with Crippen LogP contribution in [-0.2, 0) is 6.42 Å². The van der Waals surface area contributed by atoms with Gasteiger partial charge in [-0.1, -0.05) is 47.3 Å². The van der Waals surface area contributed by atoms with Crippen molar-refractivity contribution in [3.05, 3.63) is 34.3 Å². The summed E-state index contributed by atoms with van der Waals surface area (Å²) in [6.07, 6.45) is 4.53. The molecule has 94 valence electrons. The zero-order chi connectivity index (χ0) is 12.3. The molecule has 3 heteroatoms. The zero-order valence-corrected chi connectivity index (χ0v) is 11.5. The molecule has 2 rings (SSSR count). The molecule has 1 aromatic carbocycles. The SMILES string of the molecule is OC(Cc1cccc(Br)c1)C1(O)CCCCC1. The Kier molecular flexibility index (Phi) is 4.23. The quantitative estimate of drug-likeness (QED) is 0.900. The Bertz CT molecular complexity index is 372. The molecule has 1 unspecified atom stereocenters. The molecule has 1 saturated carbocycles. The third-order valence-electron chi connectivity index (χ3n) is 3.66. The summed E-state index contributed by atoms with van der Waals surface area (Å²) in [6, 6.07) is 7.90. The summed E-state index contributed by atoms with van der Waals surface area (Å²) in [7, 11) is 0. The molecule has 17 heavy (non-hydrogen) atoms. The lowest BCUT2D eigenvalue weighted by atomic mass is 9.79. The molecule has 0 heterocycles. The Hall–Kier alpha value is -0.380. The number of aliphatic hydroxyl groups excluding tert-OH is 1. The van der Waals surface area contributed by atoms with E-state index in [-0.39, 0.29) is 0 Å². The highest BCUT2D eigenvalue weighted by molar-refractivity contribution is 9.10. The number of hydrogen-bond acceptors (Lipinski definition) is 2. The summed E-state index contributed by atoms with van der Waals surface area (Å²) in [5.41, 5.74) is 0.187. The summed E-state index contributed by atoms with van der Waals surface area (Å²) >= 11 is 3.42. The van der Waals surface area contributed by atoms with Gasteiger partial charge in [-0.15, -0.1) is 0 Å². The number of halogens is 1. The zero-order valence-electron chi connectivity index (χ0n) is 9.90. The smallest absolute Gasteiger partial charge is 0.0908 e. The number of benzene rings is 1. The van der Waals surface area contributed by atoms with Gasteiger partial charge in [0, 0.05) is 10.9 Å². The second-order valence-corrected chi connectivity index (χ2v) is 5.93. The second kappa shape index (κ2) is 5.51. The van der Waals surface area contributed by atoms with Gasteiger partial charge in [0.15, 0.2) is 0 Å². The Morgan fingerprint density at radius 3 is 2.59 bits per heavy atom. The van der Waals surface area contributed by atoms with Gasteiger partial charge in [-0.3, -0.25) is 0 Å². The van der Waals surface area contributed by atoms with Crippen molar-refractivity contribution in [3.8, 4) is 0 Å². The third kappa shape index (κ3) is 3.30. The van der Waals surface area contributed by atoms with Crippen molar-refractivity contribution in [1.82, 2.24) is 0 Å². The molecule has 0 aromatic heterocycles. The van der Waals surface area contributed by atoms with Crippen LogP contribution in [0.25, 0.3) is 0 Å². The highest BCUT2D eigenvalue weighted by Crippen LogP contribution is 2.32. The number of hydrogen-bond donors (Lipinski definition) is 2. The van der Waals surface area contributed by atoms with Crippen molar-refractivity contribution in [3.63, 3.8) is 0 Å². The molecule has 0 bridgehead atoms. The lowest BCUT2D eigenvalue weighted by molar-refractivity contribution is -0.0960. The standard InChI is InChI=1S/C14H19BrO2/c15-12-6-4-5-11(9-12)10-13(16)14(17)7-2-1-3-8-14/h4-6,9,13,16-17H,1-3,7-8,10H2. The van der Waals surface area contributed by atoms with E-state index in [9.17, 15) is 10.2 Å². The van der Waals surface area contributed by atoms with Crippen LogP contribution in [0.5, 0.6) is 0 Å². The summed E-state index contributed by atoms with van der Waals surface area (Å²) < 4.78 is 1.01. The largest absolute Gasteiger partial charge is 0.390 e. The molecule has 0 saturated heterocycles. The number of rotatable bonds is 3. The van der Waals surface area contributed by atoms with Gasteiger partial charge in [0.05, 0.1) is 11.7 Å². The van der Waals surface area contributed by atoms with Gasteiger partial charge >= 0.3 is 0 Å². The Labute approximate surface area is 111 Å². The molecule has 1 aromatic rings. The minimum Gasteiger partial charge on any atom is -0.390 e. The third-order valence-corrected chi connectivity index (χ3v) is 4.15. The molecular weight excluding hydrogens is 280 g/mol. The van der Waals surface area contributed by atoms with Crippen molar-refractivity contribution in [2.24, 2.45) is 0 Å². The minimum atomic E-state index is -0.874. The van der Waals surface area contributed by atoms with Crippen LogP contribution >= 0.6 is 15.9 Å². The van der Waals surface area contributed by atoms with Crippen LogP contribution in [0.1, 0.15) is 37.7 Å². The predicted molar refractivity (Wildman–Crippen MR) is 71.9 cm³/mol. The molecule has 1 aliphatic rings. The van der Waals surface area contributed by atoms with Crippen LogP contribution in [0.3, 0.4) is 0 Å². The van der Waals surface area contributed by atoms with E-state index in [1.54, 1.807) is 0 Å². The molecular formula is C14H19BrO2. The molecule has 1 fully saturated rings. The van der Waals surface area contributed by atoms with E-state index in [1.165, 1.54) is 6.42 Å². The monoisotopic (exact) mass is 298 g/mol. The first-order chi connectivity index (χ1) is 8.10. The van der Waals surface area contributed by atoms with Gasteiger partial charge in [-0.05, 0) is 30.5 Å². The van der Waals surface area contributed by atoms with E-state index >= 15 is 0 Å². The summed E-state index contributed by atoms with van der Waals surface area (Å²) in [6.45, 7) is 0. The fourth-order valence-electron chi connectivity index (χ4n) is 2.57. The molecule has 0 spiro atoms. The molecule has 1 atom stereocenters. The average molecular weight is 299 g/mol. The van der Waals surface area contributed by atoms with E-state index in [1.807, 2.05) is 24.3 Å². The van der Waals surface area contributed by atoms with E-state index < -0.39 is 11.7 Å². The lowest BCUT2D eigenvalue weighted by Crippen LogP contribution is -2.45. The highest BCUT2D eigenvalue weighted by Gasteiger charge is 2.36. The van der Waals surface area contributed by atoms with Gasteiger partial charge in [0.2, 0.25) is 0 Å². The number of aliphatic hydroxyl groups is 2. The van der Waals surface area contributed by atoms with Crippen LogP contribution in [0.15, 0.2) is 28.7 Å². The average Bonchev–Trinajstić information content (AvgIpc) is 2.30. The highest BCUT2D eigenvalue weighted by atomic mass is 79.9. The van der Waals surface area contributed by atoms with Crippen LogP contribution in [0.4, 0.5) is 0 Å². The molecule has 0 aliphatic heterocycles. The lowest BCUT2D eigenvalue weighted by Gasteiger charge is -2.36. The van der Waals surface area contributed by atoms with Crippen molar-refractivity contribution in [2.45, 2.75) is 50.2 Å². The maximum Gasteiger partial charge on any atom is 0.0908 e. The Morgan fingerprint density at radius 2 is 1.94 bits per heavy atom. The van der Waals surface area contributed by atoms with Crippen LogP contribution in [-0.4, -0.2) is 21.9 Å². The molecule has 2 N–H and O–H groups in total. The molecule has 2 nitrogen and oxygen atoms in total. The van der Waals surface area contributed by atoms with Crippen LogP contribution in [0, 0.1) is 0 Å². The first-order valence-electron chi connectivity index (χ1n) is 6.25. The predicted octanol–water partition coefficient (Wildman–Crippen LogP) is 3.05. The summed E-state index contributed by atoms with van der Waals surface area (Å²) in [5.74, 6) is 0. The second-order valence-electron chi connectivity index (χ2n) is 5.01. The van der Waals surface area contributed by atoms with Crippen molar-refractivity contribution in [1.29, 1.82) is 0 Å². The van der Waals surface area contributed by atoms with E-state index in [2.05, 4.69) is 15.9 Å². The first-order valence-corrected chi connectivity index (χ1v) is 7.04. The minimum absolute atomic E-state index is 0.524. The van der Waals surface area contributed by atoms with E-state index in [0.717, 1.165) is 35.7 Å². The molecule has 0 radical (unpaired) electrons. The topological polar surface area (TPSA) is 40.5 Å². The van der Waals surface area contributed by atoms with E-state index in [0.29, 0.717) is 6.42 Å². The van der Waals surface area contributed by atoms with Crippen molar-refractivity contribution in [2.75, 3.05) is 0 Å². The maximum atomic E-state index is 10.4. The van der Waals surface area contributed by atoms with E-state index in [4.69, 9.17) is 0 Å². The van der Waals surface area contributed by atoms with Crippen LogP contribution in [0.2, 0.25) is 0 Å².